The maximum Gasteiger partial charge on any atom is 0.329 e. The van der Waals surface area contributed by atoms with Crippen molar-refractivity contribution in [3.05, 3.63) is 80.0 Å². The molecule has 0 bridgehead atoms. The number of benzene rings is 2. The maximum atomic E-state index is 13.0. The van der Waals surface area contributed by atoms with Crippen LogP contribution in [0, 0.1) is 10.1 Å². The molecule has 2 aliphatic heterocycles. The Kier molecular flexibility index (Phi) is 5.95. The fourth-order valence-corrected chi connectivity index (χ4v) is 4.79. The Labute approximate surface area is 202 Å². The number of anilines is 1. The summed E-state index contributed by atoms with van der Waals surface area (Å²) in [6.45, 7) is 9.26. The van der Waals surface area contributed by atoms with Crippen molar-refractivity contribution < 1.29 is 14.5 Å². The van der Waals surface area contributed by atoms with Crippen LogP contribution in [-0.2, 0) is 11.3 Å². The first-order valence-electron chi connectivity index (χ1n) is 10.9. The number of likely N-dealkylation sites (N-methyl/N-ethyl adjacent to an activating group) is 1. The van der Waals surface area contributed by atoms with Crippen LogP contribution in [0.2, 0.25) is 5.02 Å². The summed E-state index contributed by atoms with van der Waals surface area (Å²) in [4.78, 5) is 39.1. The number of non-ortho nitro benzene ring substituents is 1. The van der Waals surface area contributed by atoms with Gasteiger partial charge in [0.2, 0.25) is 0 Å². The summed E-state index contributed by atoms with van der Waals surface area (Å²) < 4.78 is 0. The van der Waals surface area contributed by atoms with Gasteiger partial charge < -0.3 is 10.2 Å². The lowest BCUT2D eigenvalue weighted by Gasteiger charge is -2.43. The molecule has 2 aromatic carbocycles. The number of carbonyl (C=O) groups is 2. The van der Waals surface area contributed by atoms with Gasteiger partial charge >= 0.3 is 6.03 Å². The van der Waals surface area contributed by atoms with E-state index in [-0.39, 0.29) is 23.5 Å². The zero-order valence-corrected chi connectivity index (χ0v) is 20.1. The van der Waals surface area contributed by atoms with E-state index in [0.29, 0.717) is 16.1 Å². The molecule has 0 aromatic heterocycles. The number of carbonyl (C=O) groups excluding carboxylic acids is 2. The molecule has 1 saturated heterocycles. The van der Waals surface area contributed by atoms with Crippen LogP contribution >= 0.6 is 11.6 Å². The molecule has 0 saturated carbocycles. The smallest absolute Gasteiger partial charge is 0.329 e. The summed E-state index contributed by atoms with van der Waals surface area (Å²) >= 11 is 6.61. The second kappa shape index (κ2) is 8.61. The number of imide groups is 1. The van der Waals surface area contributed by atoms with E-state index in [9.17, 15) is 19.7 Å². The van der Waals surface area contributed by atoms with E-state index in [2.05, 4.69) is 37.1 Å². The Bertz CT molecular complexity index is 1260. The molecule has 0 radical (unpaired) electrons. The molecule has 0 unspecified atom stereocenters. The van der Waals surface area contributed by atoms with Crippen LogP contribution in [0.5, 0.6) is 0 Å². The first-order valence-corrected chi connectivity index (χ1v) is 11.3. The summed E-state index contributed by atoms with van der Waals surface area (Å²) in [7, 11) is 0. The lowest BCUT2D eigenvalue weighted by molar-refractivity contribution is -0.384. The van der Waals surface area contributed by atoms with E-state index in [1.165, 1.54) is 24.3 Å². The first kappa shape index (κ1) is 23.5. The second-order valence-corrected chi connectivity index (χ2v) is 9.33. The average molecular weight is 481 g/mol. The Morgan fingerprint density at radius 1 is 1.18 bits per heavy atom. The minimum Gasteiger partial charge on any atom is -0.363 e. The van der Waals surface area contributed by atoms with Crippen LogP contribution in [0.3, 0.4) is 0 Å². The number of allylic oxidation sites excluding steroid dienone is 1. The fraction of sp³-hybridized carbons (Fsp3) is 0.280. The number of nitrogens with zero attached hydrogens (tertiary/aromatic N) is 3. The third-order valence-corrected chi connectivity index (χ3v) is 6.49. The molecule has 2 aromatic rings. The molecular weight excluding hydrogens is 456 g/mol. The van der Waals surface area contributed by atoms with Crippen LogP contribution in [-0.4, -0.2) is 33.8 Å². The van der Waals surface area contributed by atoms with E-state index in [0.717, 1.165) is 28.3 Å². The van der Waals surface area contributed by atoms with Crippen LogP contribution in [0.25, 0.3) is 11.6 Å². The van der Waals surface area contributed by atoms with E-state index in [1.807, 2.05) is 19.1 Å². The minimum atomic E-state index is -0.557. The lowest BCUT2D eigenvalue weighted by Crippen LogP contribution is -2.44. The highest BCUT2D eigenvalue weighted by molar-refractivity contribution is 6.32. The van der Waals surface area contributed by atoms with Crippen molar-refractivity contribution in [2.24, 2.45) is 0 Å². The lowest BCUT2D eigenvalue weighted by atomic mass is 9.88. The number of halogens is 1. The molecule has 34 heavy (non-hydrogen) atoms. The highest BCUT2D eigenvalue weighted by atomic mass is 35.5. The molecule has 3 amide bonds. The van der Waals surface area contributed by atoms with E-state index in [1.54, 1.807) is 6.08 Å². The van der Waals surface area contributed by atoms with E-state index in [4.69, 9.17) is 11.6 Å². The molecule has 0 aliphatic carbocycles. The first-order chi connectivity index (χ1) is 16.0. The van der Waals surface area contributed by atoms with Gasteiger partial charge in [-0.2, -0.15) is 0 Å². The van der Waals surface area contributed by atoms with Crippen LogP contribution < -0.4 is 10.2 Å². The number of amides is 3. The van der Waals surface area contributed by atoms with Gasteiger partial charge in [-0.15, -0.1) is 0 Å². The number of hydrogen-bond donors (Lipinski definition) is 1. The molecule has 0 atom stereocenters. The van der Waals surface area contributed by atoms with E-state index >= 15 is 0 Å². The summed E-state index contributed by atoms with van der Waals surface area (Å²) in [5, 5.41) is 13.9. The normalized spacial score (nSPS) is 18.1. The Hall–Kier alpha value is -3.65. The third-order valence-electron chi connectivity index (χ3n) is 6.16. The van der Waals surface area contributed by atoms with Crippen molar-refractivity contribution in [3.8, 4) is 0 Å². The van der Waals surface area contributed by atoms with Crippen LogP contribution in [0.15, 0.2) is 48.2 Å². The average Bonchev–Trinajstić information content (AvgIpc) is 3.02. The number of fused-ring (bicyclic) bond motifs is 1. The van der Waals surface area contributed by atoms with Crippen molar-refractivity contribution in [3.63, 3.8) is 0 Å². The quantitative estimate of drug-likeness (QED) is 0.269. The predicted molar refractivity (Wildman–Crippen MR) is 132 cm³/mol. The molecule has 0 spiro atoms. The molecular formula is C25H25ClN4O4. The molecule has 1 N–H and O–H groups in total. The third kappa shape index (κ3) is 4.17. The predicted octanol–water partition coefficient (Wildman–Crippen LogP) is 5.36. The number of nitrogens with one attached hydrogen (secondary N) is 1. The number of urea groups is 1. The highest BCUT2D eigenvalue weighted by Crippen LogP contribution is 2.41. The van der Waals surface area contributed by atoms with Crippen molar-refractivity contribution in [2.45, 2.75) is 39.8 Å². The van der Waals surface area contributed by atoms with Gasteiger partial charge in [0, 0.05) is 35.0 Å². The molecule has 176 valence electrons. The zero-order chi connectivity index (χ0) is 24.8. The molecule has 8 nitrogen and oxygen atoms in total. The van der Waals surface area contributed by atoms with Crippen molar-refractivity contribution in [1.82, 2.24) is 10.2 Å². The van der Waals surface area contributed by atoms with Gasteiger partial charge in [-0.1, -0.05) is 29.8 Å². The number of hydrogen-bond acceptors (Lipinski definition) is 5. The number of nitro groups is 1. The van der Waals surface area contributed by atoms with Crippen LogP contribution in [0.4, 0.5) is 16.2 Å². The van der Waals surface area contributed by atoms with Gasteiger partial charge in [-0.05, 0) is 62.6 Å². The van der Waals surface area contributed by atoms with Gasteiger partial charge in [0.25, 0.3) is 11.6 Å². The maximum absolute atomic E-state index is 13.0. The topological polar surface area (TPSA) is 95.8 Å². The zero-order valence-electron chi connectivity index (χ0n) is 19.4. The SMILES string of the molecule is CCN1c2cc(Cl)c(/C=C3/NC(=O)N(Cc4ccc([N+](=O)[O-])cc4)C3=O)cc2C(C)=CC1(C)C. The second-order valence-electron chi connectivity index (χ2n) is 8.92. The monoisotopic (exact) mass is 480 g/mol. The number of rotatable bonds is 5. The minimum absolute atomic E-state index is 0.000307. The summed E-state index contributed by atoms with van der Waals surface area (Å²) in [5.41, 5.74) is 4.32. The summed E-state index contributed by atoms with van der Waals surface area (Å²) in [6, 6.07) is 9.02. The Balaban J connectivity index is 1.62. The fourth-order valence-electron chi connectivity index (χ4n) is 4.58. The molecule has 4 rings (SSSR count). The standard InChI is InChI=1S/C25H25ClN4O4/c1-5-29-22-12-20(26)17(10-19(22)15(2)13-25(29,3)4)11-21-23(31)28(24(32)27-21)14-16-6-8-18(9-7-16)30(33)34/h6-13H,5,14H2,1-4H3,(H,27,32)/b21-11+. The van der Waals surface area contributed by atoms with Crippen molar-refractivity contribution in [1.29, 1.82) is 0 Å². The summed E-state index contributed by atoms with van der Waals surface area (Å²) in [5.74, 6) is -0.485. The molecule has 1 fully saturated rings. The Morgan fingerprint density at radius 3 is 2.47 bits per heavy atom. The molecule has 2 heterocycles. The van der Waals surface area contributed by atoms with Gasteiger partial charge in [0.05, 0.1) is 17.0 Å². The summed E-state index contributed by atoms with van der Waals surface area (Å²) in [6.07, 6.45) is 3.79. The number of nitro benzene ring substituents is 1. The van der Waals surface area contributed by atoms with Gasteiger partial charge in [0.1, 0.15) is 5.70 Å². The van der Waals surface area contributed by atoms with Crippen LogP contribution in [0.1, 0.15) is 44.4 Å². The van der Waals surface area contributed by atoms with E-state index < -0.39 is 16.9 Å². The Morgan fingerprint density at radius 2 is 1.85 bits per heavy atom. The molecule has 2 aliphatic rings. The molecule has 9 heteroatoms. The van der Waals surface area contributed by atoms with Gasteiger partial charge in [0.15, 0.2) is 0 Å². The van der Waals surface area contributed by atoms with Gasteiger partial charge in [-0.3, -0.25) is 19.8 Å². The van der Waals surface area contributed by atoms with Crippen molar-refractivity contribution in [2.75, 3.05) is 11.4 Å². The van der Waals surface area contributed by atoms with Gasteiger partial charge in [-0.25, -0.2) is 4.79 Å². The van der Waals surface area contributed by atoms with Crippen molar-refractivity contribution >= 4 is 46.6 Å². The largest absolute Gasteiger partial charge is 0.363 e. The highest BCUT2D eigenvalue weighted by Gasteiger charge is 2.34.